The van der Waals surface area contributed by atoms with Gasteiger partial charge < -0.3 is 15.8 Å². The van der Waals surface area contributed by atoms with Gasteiger partial charge in [0.25, 0.3) is 0 Å². The highest BCUT2D eigenvalue weighted by atomic mass is 16.5. The summed E-state index contributed by atoms with van der Waals surface area (Å²) < 4.78 is 5.38. The first-order chi connectivity index (χ1) is 6.77. The molecule has 84 valence electrons. The molecule has 1 rings (SSSR count). The zero-order chi connectivity index (χ0) is 10.4. The summed E-state index contributed by atoms with van der Waals surface area (Å²) in [6, 6.07) is 1.07. The molecular formula is C11H24N2O. The summed E-state index contributed by atoms with van der Waals surface area (Å²) in [7, 11) is 0. The van der Waals surface area contributed by atoms with Gasteiger partial charge in [0.2, 0.25) is 0 Å². The van der Waals surface area contributed by atoms with E-state index in [-0.39, 0.29) is 0 Å². The quantitative estimate of drug-likeness (QED) is 0.675. The van der Waals surface area contributed by atoms with Crippen LogP contribution in [-0.2, 0) is 4.74 Å². The minimum atomic E-state index is 0.451. The molecule has 1 fully saturated rings. The topological polar surface area (TPSA) is 47.3 Å². The van der Waals surface area contributed by atoms with Gasteiger partial charge in [-0.1, -0.05) is 6.42 Å². The standard InChI is InChI=1S/C11H24N2O/c1-3-14-8-9(2)13-11-6-4-5-10(11)7-12/h9-11,13H,3-8,12H2,1-2H3. The predicted octanol–water partition coefficient (Wildman–Crippen LogP) is 1.13. The molecule has 3 unspecified atom stereocenters. The highest BCUT2D eigenvalue weighted by molar-refractivity contribution is 4.85. The number of nitrogens with one attached hydrogen (secondary N) is 1. The lowest BCUT2D eigenvalue weighted by Gasteiger charge is -2.24. The van der Waals surface area contributed by atoms with Crippen LogP contribution in [0.3, 0.4) is 0 Å². The molecule has 0 radical (unpaired) electrons. The molecule has 1 aliphatic rings. The Balaban J connectivity index is 2.21. The average molecular weight is 200 g/mol. The van der Waals surface area contributed by atoms with Crippen LogP contribution in [0.15, 0.2) is 0 Å². The smallest absolute Gasteiger partial charge is 0.0616 e. The summed E-state index contributed by atoms with van der Waals surface area (Å²) in [5.41, 5.74) is 5.73. The van der Waals surface area contributed by atoms with Crippen molar-refractivity contribution in [3.63, 3.8) is 0 Å². The maximum atomic E-state index is 5.73. The first-order valence-electron chi connectivity index (χ1n) is 5.81. The van der Waals surface area contributed by atoms with Gasteiger partial charge in [-0.05, 0) is 39.2 Å². The molecular weight excluding hydrogens is 176 g/mol. The van der Waals surface area contributed by atoms with Crippen LogP contribution in [0.4, 0.5) is 0 Å². The summed E-state index contributed by atoms with van der Waals surface area (Å²) in [4.78, 5) is 0. The van der Waals surface area contributed by atoms with Gasteiger partial charge in [0, 0.05) is 18.7 Å². The first kappa shape index (κ1) is 12.0. The Labute approximate surface area is 87.4 Å². The molecule has 0 aliphatic heterocycles. The van der Waals surface area contributed by atoms with Gasteiger partial charge in [-0.15, -0.1) is 0 Å². The third-order valence-electron chi connectivity index (χ3n) is 3.03. The van der Waals surface area contributed by atoms with Gasteiger partial charge in [0.05, 0.1) is 6.61 Å². The molecule has 0 amide bonds. The van der Waals surface area contributed by atoms with Crippen LogP contribution in [0.1, 0.15) is 33.1 Å². The molecule has 3 nitrogen and oxygen atoms in total. The molecule has 0 aromatic rings. The first-order valence-corrected chi connectivity index (χ1v) is 5.81. The number of hydrogen-bond donors (Lipinski definition) is 2. The van der Waals surface area contributed by atoms with Gasteiger partial charge in [0.15, 0.2) is 0 Å². The highest BCUT2D eigenvalue weighted by Crippen LogP contribution is 2.24. The molecule has 0 saturated heterocycles. The summed E-state index contributed by atoms with van der Waals surface area (Å²) in [5.74, 6) is 0.680. The molecule has 0 heterocycles. The molecule has 0 aromatic heterocycles. The van der Waals surface area contributed by atoms with Crippen molar-refractivity contribution >= 4 is 0 Å². The lowest BCUT2D eigenvalue weighted by atomic mass is 10.0. The van der Waals surface area contributed by atoms with E-state index < -0.39 is 0 Å². The van der Waals surface area contributed by atoms with E-state index in [1.165, 1.54) is 19.3 Å². The van der Waals surface area contributed by atoms with E-state index in [1.54, 1.807) is 0 Å². The van der Waals surface area contributed by atoms with Gasteiger partial charge in [0.1, 0.15) is 0 Å². The fourth-order valence-corrected chi connectivity index (χ4v) is 2.25. The van der Waals surface area contributed by atoms with E-state index in [1.807, 2.05) is 6.92 Å². The molecule has 1 aliphatic carbocycles. The highest BCUT2D eigenvalue weighted by Gasteiger charge is 2.26. The fourth-order valence-electron chi connectivity index (χ4n) is 2.25. The maximum Gasteiger partial charge on any atom is 0.0616 e. The second kappa shape index (κ2) is 6.38. The van der Waals surface area contributed by atoms with E-state index in [2.05, 4.69) is 12.2 Å². The van der Waals surface area contributed by atoms with Crippen LogP contribution in [-0.4, -0.2) is 31.8 Å². The summed E-state index contributed by atoms with van der Waals surface area (Å²) in [6.45, 7) is 6.65. The van der Waals surface area contributed by atoms with Crippen LogP contribution in [0.5, 0.6) is 0 Å². The second-order valence-corrected chi connectivity index (χ2v) is 4.26. The molecule has 0 bridgehead atoms. The monoisotopic (exact) mass is 200 g/mol. The zero-order valence-corrected chi connectivity index (χ0v) is 9.46. The van der Waals surface area contributed by atoms with E-state index in [0.29, 0.717) is 18.0 Å². The zero-order valence-electron chi connectivity index (χ0n) is 9.46. The average Bonchev–Trinajstić information content (AvgIpc) is 2.62. The Hall–Kier alpha value is -0.120. The second-order valence-electron chi connectivity index (χ2n) is 4.26. The minimum Gasteiger partial charge on any atom is -0.380 e. The SMILES string of the molecule is CCOCC(C)NC1CCCC1CN. The van der Waals surface area contributed by atoms with Crippen molar-refractivity contribution < 1.29 is 4.74 Å². The molecule has 3 heteroatoms. The van der Waals surface area contributed by atoms with Crippen LogP contribution >= 0.6 is 0 Å². The lowest BCUT2D eigenvalue weighted by molar-refractivity contribution is 0.121. The van der Waals surface area contributed by atoms with E-state index in [4.69, 9.17) is 10.5 Å². The normalized spacial score (nSPS) is 29.4. The number of ether oxygens (including phenoxy) is 1. The van der Waals surface area contributed by atoms with Crippen LogP contribution in [0.2, 0.25) is 0 Å². The van der Waals surface area contributed by atoms with Crippen molar-refractivity contribution in [3.8, 4) is 0 Å². The number of rotatable bonds is 6. The van der Waals surface area contributed by atoms with E-state index in [0.717, 1.165) is 19.8 Å². The summed E-state index contributed by atoms with van der Waals surface area (Å²) >= 11 is 0. The van der Waals surface area contributed by atoms with E-state index >= 15 is 0 Å². The van der Waals surface area contributed by atoms with Crippen LogP contribution in [0.25, 0.3) is 0 Å². The van der Waals surface area contributed by atoms with E-state index in [9.17, 15) is 0 Å². The number of hydrogen-bond acceptors (Lipinski definition) is 3. The van der Waals surface area contributed by atoms with Gasteiger partial charge in [-0.2, -0.15) is 0 Å². The largest absolute Gasteiger partial charge is 0.380 e. The molecule has 3 atom stereocenters. The third-order valence-corrected chi connectivity index (χ3v) is 3.03. The molecule has 0 aromatic carbocycles. The minimum absolute atomic E-state index is 0.451. The van der Waals surface area contributed by atoms with Crippen LogP contribution in [0, 0.1) is 5.92 Å². The maximum absolute atomic E-state index is 5.73. The Kier molecular flexibility index (Phi) is 5.45. The predicted molar refractivity (Wildman–Crippen MR) is 59.3 cm³/mol. The van der Waals surface area contributed by atoms with Crippen molar-refractivity contribution in [2.75, 3.05) is 19.8 Å². The number of nitrogens with two attached hydrogens (primary N) is 1. The summed E-state index contributed by atoms with van der Waals surface area (Å²) in [5, 5.41) is 3.61. The fraction of sp³-hybridized carbons (Fsp3) is 1.00. The molecule has 1 saturated carbocycles. The third kappa shape index (κ3) is 3.56. The lowest BCUT2D eigenvalue weighted by Crippen LogP contribution is -2.43. The Morgan fingerprint density at radius 1 is 1.50 bits per heavy atom. The summed E-state index contributed by atoms with van der Waals surface area (Å²) in [6.07, 6.45) is 3.88. The van der Waals surface area contributed by atoms with Crippen molar-refractivity contribution in [2.45, 2.75) is 45.2 Å². The molecule has 0 spiro atoms. The van der Waals surface area contributed by atoms with Crippen molar-refractivity contribution in [1.29, 1.82) is 0 Å². The van der Waals surface area contributed by atoms with Gasteiger partial charge in [-0.25, -0.2) is 0 Å². The van der Waals surface area contributed by atoms with Crippen molar-refractivity contribution in [1.82, 2.24) is 5.32 Å². The van der Waals surface area contributed by atoms with Gasteiger partial charge >= 0.3 is 0 Å². The molecule has 3 N–H and O–H groups in total. The Bertz CT molecular complexity index is 152. The Morgan fingerprint density at radius 2 is 2.29 bits per heavy atom. The van der Waals surface area contributed by atoms with Gasteiger partial charge in [-0.3, -0.25) is 0 Å². The van der Waals surface area contributed by atoms with Crippen LogP contribution < -0.4 is 11.1 Å². The molecule has 14 heavy (non-hydrogen) atoms. The van der Waals surface area contributed by atoms with Crippen molar-refractivity contribution in [2.24, 2.45) is 11.7 Å². The Morgan fingerprint density at radius 3 is 2.93 bits per heavy atom. The van der Waals surface area contributed by atoms with Crippen molar-refractivity contribution in [3.05, 3.63) is 0 Å².